The predicted molar refractivity (Wildman–Crippen MR) is 220 cm³/mol. The Kier molecular flexibility index (Phi) is 6.53. The van der Waals surface area contributed by atoms with Crippen LogP contribution in [0.25, 0.3) is 77.8 Å². The summed E-state index contributed by atoms with van der Waals surface area (Å²) in [5.74, 6) is 0. The van der Waals surface area contributed by atoms with Gasteiger partial charge in [-0.15, -0.1) is 0 Å². The van der Waals surface area contributed by atoms with E-state index in [1.165, 1.54) is 72.0 Å². The van der Waals surface area contributed by atoms with Crippen molar-refractivity contribution in [2.75, 3.05) is 0 Å². The molecule has 2 aliphatic rings. The van der Waals surface area contributed by atoms with Crippen molar-refractivity contribution in [3.05, 3.63) is 222 Å². The minimum absolute atomic E-state index is 0.400. The highest BCUT2D eigenvalue weighted by Gasteiger charge is 2.52. The number of rotatable bonds is 4. The zero-order valence-corrected chi connectivity index (χ0v) is 29.0. The average molecular weight is 672 g/mol. The molecule has 0 bridgehead atoms. The summed E-state index contributed by atoms with van der Waals surface area (Å²) in [7, 11) is 0. The molecule has 0 saturated carbocycles. The molecule has 53 heavy (non-hydrogen) atoms. The molecule has 0 N–H and O–H groups in total. The summed E-state index contributed by atoms with van der Waals surface area (Å²) in [5, 5.41) is 2.50. The van der Waals surface area contributed by atoms with E-state index in [2.05, 4.69) is 200 Å². The minimum Gasteiger partial charge on any atom is -0.248 e. The van der Waals surface area contributed by atoms with Gasteiger partial charge in [-0.3, -0.25) is 0 Å². The lowest BCUT2D eigenvalue weighted by Crippen LogP contribution is -2.25. The summed E-state index contributed by atoms with van der Waals surface area (Å²) in [6, 6.07) is 73.3. The molecular weight excluding hydrogens is 639 g/mol. The molecule has 2 aliphatic carbocycles. The molecule has 0 saturated heterocycles. The molecule has 0 unspecified atom stereocenters. The van der Waals surface area contributed by atoms with Gasteiger partial charge in [-0.2, -0.15) is 0 Å². The Balaban J connectivity index is 1.14. The van der Waals surface area contributed by atoms with Crippen molar-refractivity contribution < 1.29 is 0 Å². The van der Waals surface area contributed by atoms with Gasteiger partial charge in [0.15, 0.2) is 0 Å². The van der Waals surface area contributed by atoms with Crippen molar-refractivity contribution >= 4 is 10.8 Å². The van der Waals surface area contributed by atoms with Crippen LogP contribution in [0.1, 0.15) is 22.3 Å². The molecule has 0 atom stereocenters. The molecule has 1 heteroatoms. The van der Waals surface area contributed by atoms with E-state index in [0.717, 1.165) is 28.1 Å². The van der Waals surface area contributed by atoms with Crippen molar-refractivity contribution in [3.63, 3.8) is 0 Å². The van der Waals surface area contributed by atoms with Crippen LogP contribution in [0.5, 0.6) is 0 Å². The van der Waals surface area contributed by atoms with Gasteiger partial charge < -0.3 is 0 Å². The standard InChI is InChI=1S/C52H33N/c1-2-15-35(16-3-1)49-32-40(38-19-12-18-37(31-38)39-29-28-34-14-4-5-17-36(34)30-39)33-50(53-49)44-23-13-27-48-51(44)43-22-8-11-26-47(43)52(48)45-24-9-6-20-41(45)42-21-7-10-25-46(42)52/h1-33H. The van der Waals surface area contributed by atoms with E-state index in [0.29, 0.717) is 0 Å². The van der Waals surface area contributed by atoms with Crippen LogP contribution in [-0.4, -0.2) is 4.98 Å². The van der Waals surface area contributed by atoms with Crippen LogP contribution < -0.4 is 0 Å². The summed E-state index contributed by atoms with van der Waals surface area (Å²) < 4.78 is 0. The smallest absolute Gasteiger partial charge is 0.0725 e. The predicted octanol–water partition coefficient (Wildman–Crippen LogP) is 13.2. The summed E-state index contributed by atoms with van der Waals surface area (Å²) >= 11 is 0. The van der Waals surface area contributed by atoms with Crippen LogP contribution in [0.2, 0.25) is 0 Å². The van der Waals surface area contributed by atoms with Gasteiger partial charge in [0.05, 0.1) is 16.8 Å². The molecule has 0 radical (unpaired) electrons. The lowest BCUT2D eigenvalue weighted by molar-refractivity contribution is 0.794. The van der Waals surface area contributed by atoms with E-state index >= 15 is 0 Å². The first-order valence-corrected chi connectivity index (χ1v) is 18.4. The van der Waals surface area contributed by atoms with Crippen LogP contribution in [0.3, 0.4) is 0 Å². The first-order chi connectivity index (χ1) is 26.3. The van der Waals surface area contributed by atoms with Gasteiger partial charge in [0.1, 0.15) is 0 Å². The van der Waals surface area contributed by atoms with Crippen molar-refractivity contribution in [2.45, 2.75) is 5.41 Å². The number of benzene rings is 8. The third-order valence-electron chi connectivity index (χ3n) is 11.5. The maximum Gasteiger partial charge on any atom is 0.0725 e. The lowest BCUT2D eigenvalue weighted by Gasteiger charge is -2.30. The van der Waals surface area contributed by atoms with E-state index in [4.69, 9.17) is 4.98 Å². The zero-order chi connectivity index (χ0) is 34.9. The van der Waals surface area contributed by atoms with Gasteiger partial charge in [-0.05, 0) is 102 Å². The van der Waals surface area contributed by atoms with Gasteiger partial charge in [-0.25, -0.2) is 4.98 Å². The Labute approximate surface area is 309 Å². The Morgan fingerprint density at radius 3 is 1.55 bits per heavy atom. The van der Waals surface area contributed by atoms with Crippen LogP contribution in [-0.2, 0) is 5.41 Å². The molecule has 1 spiro atoms. The Morgan fingerprint density at radius 2 is 0.792 bits per heavy atom. The van der Waals surface area contributed by atoms with Crippen molar-refractivity contribution in [2.24, 2.45) is 0 Å². The SMILES string of the molecule is c1ccc(-c2cc(-c3cccc(-c4ccc5ccccc5c4)c3)cc(-c3cccc4c3-c3ccccc3C43c4ccccc4-c4ccccc43)n2)cc1. The fourth-order valence-electron chi connectivity index (χ4n) is 9.20. The first kappa shape index (κ1) is 29.9. The monoisotopic (exact) mass is 671 g/mol. The summed E-state index contributed by atoms with van der Waals surface area (Å²) in [4.78, 5) is 5.47. The fourth-order valence-corrected chi connectivity index (χ4v) is 9.20. The minimum atomic E-state index is -0.400. The molecule has 1 nitrogen and oxygen atoms in total. The molecule has 11 rings (SSSR count). The normalized spacial score (nSPS) is 13.1. The Bertz CT molecular complexity index is 2850. The summed E-state index contributed by atoms with van der Waals surface area (Å²) in [6.07, 6.45) is 0. The lowest BCUT2D eigenvalue weighted by atomic mass is 9.70. The molecule has 0 aliphatic heterocycles. The number of hydrogen-bond acceptors (Lipinski definition) is 1. The molecule has 9 aromatic rings. The largest absolute Gasteiger partial charge is 0.248 e. The molecule has 1 aromatic heterocycles. The number of hydrogen-bond donors (Lipinski definition) is 0. The van der Waals surface area contributed by atoms with Gasteiger partial charge in [-0.1, -0.05) is 176 Å². The van der Waals surface area contributed by atoms with E-state index < -0.39 is 5.41 Å². The highest BCUT2D eigenvalue weighted by atomic mass is 14.7. The fraction of sp³-hybridized carbons (Fsp3) is 0.0192. The third-order valence-corrected chi connectivity index (χ3v) is 11.5. The topological polar surface area (TPSA) is 12.9 Å². The highest BCUT2D eigenvalue weighted by Crippen LogP contribution is 2.63. The number of nitrogens with zero attached hydrogens (tertiary/aromatic N) is 1. The third kappa shape index (κ3) is 4.41. The summed E-state index contributed by atoms with van der Waals surface area (Å²) in [6.45, 7) is 0. The Hall–Kier alpha value is -6.83. The highest BCUT2D eigenvalue weighted by molar-refractivity contribution is 6.00. The van der Waals surface area contributed by atoms with Gasteiger partial charge >= 0.3 is 0 Å². The molecule has 246 valence electrons. The van der Waals surface area contributed by atoms with E-state index in [1.54, 1.807) is 0 Å². The maximum atomic E-state index is 5.47. The van der Waals surface area contributed by atoms with E-state index in [9.17, 15) is 0 Å². The maximum absolute atomic E-state index is 5.47. The van der Waals surface area contributed by atoms with E-state index in [1.807, 2.05) is 0 Å². The average Bonchev–Trinajstić information content (AvgIpc) is 3.71. The van der Waals surface area contributed by atoms with Crippen molar-refractivity contribution in [3.8, 4) is 67.0 Å². The van der Waals surface area contributed by atoms with Crippen molar-refractivity contribution in [1.82, 2.24) is 4.98 Å². The number of aromatic nitrogens is 1. The second-order valence-electron chi connectivity index (χ2n) is 14.2. The van der Waals surface area contributed by atoms with Gasteiger partial charge in [0.25, 0.3) is 0 Å². The molecule has 1 heterocycles. The van der Waals surface area contributed by atoms with Crippen LogP contribution in [0.4, 0.5) is 0 Å². The Morgan fingerprint density at radius 1 is 0.283 bits per heavy atom. The number of pyridine rings is 1. The summed E-state index contributed by atoms with van der Waals surface area (Å²) in [5.41, 5.74) is 19.0. The first-order valence-electron chi connectivity index (χ1n) is 18.4. The quantitative estimate of drug-likeness (QED) is 0.181. The van der Waals surface area contributed by atoms with Crippen molar-refractivity contribution in [1.29, 1.82) is 0 Å². The van der Waals surface area contributed by atoms with Crippen LogP contribution >= 0.6 is 0 Å². The zero-order valence-electron chi connectivity index (χ0n) is 29.0. The van der Waals surface area contributed by atoms with E-state index in [-0.39, 0.29) is 0 Å². The molecule has 0 fully saturated rings. The number of fused-ring (bicyclic) bond motifs is 11. The van der Waals surface area contributed by atoms with Gasteiger partial charge in [0.2, 0.25) is 0 Å². The van der Waals surface area contributed by atoms with Gasteiger partial charge in [0, 0.05) is 11.1 Å². The van der Waals surface area contributed by atoms with Crippen LogP contribution in [0.15, 0.2) is 200 Å². The molecule has 8 aromatic carbocycles. The second kappa shape index (κ2) is 11.6. The molecule has 0 amide bonds. The molecular formula is C52H33N. The second-order valence-corrected chi connectivity index (χ2v) is 14.2. The van der Waals surface area contributed by atoms with Crippen LogP contribution in [0, 0.1) is 0 Å².